The number of piperazine rings is 1. The number of hydrogen-bond donors (Lipinski definition) is 1. The zero-order chi connectivity index (χ0) is 17.6. The van der Waals surface area contributed by atoms with Crippen LogP contribution in [0.3, 0.4) is 0 Å². The third-order valence-corrected chi connectivity index (χ3v) is 6.02. The minimum Gasteiger partial charge on any atom is -0.351 e. The van der Waals surface area contributed by atoms with Crippen LogP contribution in [0, 0.1) is 0 Å². The van der Waals surface area contributed by atoms with Gasteiger partial charge in [-0.15, -0.1) is 11.3 Å². The van der Waals surface area contributed by atoms with Crippen LogP contribution in [0.25, 0.3) is 0 Å². The van der Waals surface area contributed by atoms with Gasteiger partial charge >= 0.3 is 0 Å². The van der Waals surface area contributed by atoms with E-state index in [0.717, 1.165) is 68.2 Å². The molecule has 0 unspecified atom stereocenters. The van der Waals surface area contributed by atoms with Crippen LogP contribution in [0.5, 0.6) is 0 Å². The number of anilines is 1. The molecule has 2 aromatic heterocycles. The summed E-state index contributed by atoms with van der Waals surface area (Å²) in [6.07, 6.45) is 1.89. The van der Waals surface area contributed by atoms with Crippen molar-refractivity contribution < 1.29 is 0 Å². The third-order valence-electron chi connectivity index (χ3n) is 4.16. The van der Waals surface area contributed by atoms with Gasteiger partial charge in [0, 0.05) is 56.6 Å². The van der Waals surface area contributed by atoms with Gasteiger partial charge < -0.3 is 15.1 Å². The minimum absolute atomic E-state index is 0.722. The molecule has 3 heterocycles. The van der Waals surface area contributed by atoms with Gasteiger partial charge in [-0.2, -0.15) is 4.37 Å². The fourth-order valence-corrected chi connectivity index (χ4v) is 4.27. The lowest BCUT2D eigenvalue weighted by Crippen LogP contribution is -2.52. The third kappa shape index (κ3) is 4.46. The number of thiazole rings is 1. The highest BCUT2D eigenvalue weighted by Gasteiger charge is 2.22. The van der Waals surface area contributed by atoms with Gasteiger partial charge in [-0.05, 0) is 6.42 Å². The van der Waals surface area contributed by atoms with E-state index in [1.165, 1.54) is 16.5 Å². The zero-order valence-corrected chi connectivity index (χ0v) is 16.7. The van der Waals surface area contributed by atoms with Crippen LogP contribution in [0.4, 0.5) is 5.13 Å². The maximum atomic E-state index is 4.60. The molecule has 2 aromatic rings. The highest BCUT2D eigenvalue weighted by Crippen LogP contribution is 2.19. The Morgan fingerprint density at radius 3 is 2.60 bits per heavy atom. The summed E-state index contributed by atoms with van der Waals surface area (Å²) < 4.78 is 4.39. The lowest BCUT2D eigenvalue weighted by molar-refractivity contribution is 0.372. The number of nitrogens with one attached hydrogen (secondary N) is 1. The van der Waals surface area contributed by atoms with Crippen LogP contribution in [0.1, 0.15) is 30.4 Å². The molecule has 9 heteroatoms. The maximum absolute atomic E-state index is 4.60. The molecule has 3 rings (SSSR count). The van der Waals surface area contributed by atoms with Crippen molar-refractivity contribution in [1.82, 2.24) is 24.6 Å². The molecular weight excluding hydrogens is 354 g/mol. The number of hydrogen-bond acceptors (Lipinski definition) is 7. The van der Waals surface area contributed by atoms with E-state index in [1.54, 1.807) is 11.3 Å². The first kappa shape index (κ1) is 18.1. The molecule has 1 saturated heterocycles. The van der Waals surface area contributed by atoms with Crippen molar-refractivity contribution in [2.24, 2.45) is 4.99 Å². The van der Waals surface area contributed by atoms with Crippen LogP contribution in [0.15, 0.2) is 10.4 Å². The molecule has 1 aliphatic heterocycles. The van der Waals surface area contributed by atoms with Gasteiger partial charge in [-0.1, -0.05) is 13.8 Å². The molecule has 136 valence electrons. The van der Waals surface area contributed by atoms with Gasteiger partial charge in [0.25, 0.3) is 0 Å². The monoisotopic (exact) mass is 379 g/mol. The van der Waals surface area contributed by atoms with E-state index in [2.05, 4.69) is 53.7 Å². The van der Waals surface area contributed by atoms with Crippen LogP contribution in [-0.2, 0) is 19.4 Å². The highest BCUT2D eigenvalue weighted by atomic mass is 32.1. The molecule has 0 amide bonds. The van der Waals surface area contributed by atoms with Gasteiger partial charge in [0.2, 0.25) is 5.13 Å². The molecule has 0 atom stereocenters. The molecular formula is C16H25N7S2. The van der Waals surface area contributed by atoms with E-state index in [1.807, 2.05) is 7.05 Å². The van der Waals surface area contributed by atoms with Crippen molar-refractivity contribution in [3.63, 3.8) is 0 Å². The normalized spacial score (nSPS) is 15.7. The molecule has 0 radical (unpaired) electrons. The van der Waals surface area contributed by atoms with Crippen molar-refractivity contribution in [3.8, 4) is 0 Å². The van der Waals surface area contributed by atoms with Crippen molar-refractivity contribution in [1.29, 1.82) is 0 Å². The van der Waals surface area contributed by atoms with Gasteiger partial charge in [0.15, 0.2) is 5.96 Å². The topological polar surface area (TPSA) is 69.5 Å². The summed E-state index contributed by atoms with van der Waals surface area (Å²) in [7, 11) is 1.84. The lowest BCUT2D eigenvalue weighted by atomic mass is 10.3. The highest BCUT2D eigenvalue weighted by molar-refractivity contribution is 7.09. The summed E-state index contributed by atoms with van der Waals surface area (Å²) in [6, 6.07) is 0. The Morgan fingerprint density at radius 1 is 1.20 bits per heavy atom. The average Bonchev–Trinajstić information content (AvgIpc) is 3.32. The molecule has 1 aliphatic rings. The fraction of sp³-hybridized carbons (Fsp3) is 0.625. The number of guanidine groups is 1. The quantitative estimate of drug-likeness (QED) is 0.633. The van der Waals surface area contributed by atoms with Crippen molar-refractivity contribution in [2.45, 2.75) is 33.2 Å². The molecule has 0 spiro atoms. The number of aryl methyl sites for hydroxylation is 2. The van der Waals surface area contributed by atoms with Crippen LogP contribution in [0.2, 0.25) is 0 Å². The summed E-state index contributed by atoms with van der Waals surface area (Å²) >= 11 is 3.22. The summed E-state index contributed by atoms with van der Waals surface area (Å²) in [6.45, 7) is 8.68. The van der Waals surface area contributed by atoms with Gasteiger partial charge in [-0.3, -0.25) is 4.99 Å². The van der Waals surface area contributed by atoms with Crippen molar-refractivity contribution >= 4 is 34.0 Å². The second-order valence-corrected chi connectivity index (χ2v) is 7.48. The van der Waals surface area contributed by atoms with Gasteiger partial charge in [0.1, 0.15) is 5.82 Å². The van der Waals surface area contributed by atoms with Crippen molar-refractivity contribution in [2.75, 3.05) is 38.1 Å². The SMILES string of the molecule is CCc1nsc(N2CCN(C(=NC)NCc3csc(CC)n3)CC2)n1. The summed E-state index contributed by atoms with van der Waals surface area (Å²) in [4.78, 5) is 18.2. The second kappa shape index (κ2) is 8.57. The van der Waals surface area contributed by atoms with E-state index < -0.39 is 0 Å². The van der Waals surface area contributed by atoms with Gasteiger partial charge in [0.05, 0.1) is 17.2 Å². The molecule has 0 saturated carbocycles. The Balaban J connectivity index is 1.51. The summed E-state index contributed by atoms with van der Waals surface area (Å²) in [5.74, 6) is 1.88. The first-order valence-corrected chi connectivity index (χ1v) is 10.3. The Kier molecular flexibility index (Phi) is 6.19. The van der Waals surface area contributed by atoms with E-state index in [4.69, 9.17) is 0 Å². The first-order valence-electron chi connectivity index (χ1n) is 8.69. The van der Waals surface area contributed by atoms with Crippen LogP contribution >= 0.6 is 22.9 Å². The van der Waals surface area contributed by atoms with E-state index in [9.17, 15) is 0 Å². The lowest BCUT2D eigenvalue weighted by Gasteiger charge is -2.36. The van der Waals surface area contributed by atoms with Crippen LogP contribution in [-0.4, -0.2) is 58.4 Å². The number of aliphatic imine (C=N–C) groups is 1. The van der Waals surface area contributed by atoms with Crippen LogP contribution < -0.4 is 10.2 Å². The largest absolute Gasteiger partial charge is 0.351 e. The predicted molar refractivity (Wildman–Crippen MR) is 105 cm³/mol. The minimum atomic E-state index is 0.722. The Bertz CT molecular complexity index is 701. The van der Waals surface area contributed by atoms with E-state index in [0.29, 0.717) is 0 Å². The smallest absolute Gasteiger partial charge is 0.205 e. The molecule has 1 N–H and O–H groups in total. The maximum Gasteiger partial charge on any atom is 0.205 e. The molecule has 0 aliphatic carbocycles. The van der Waals surface area contributed by atoms with E-state index in [-0.39, 0.29) is 0 Å². The second-order valence-electron chi connectivity index (χ2n) is 5.81. The fourth-order valence-electron chi connectivity index (χ4n) is 2.72. The molecule has 0 aromatic carbocycles. The number of rotatable bonds is 5. The molecule has 25 heavy (non-hydrogen) atoms. The first-order chi connectivity index (χ1) is 12.2. The number of nitrogens with zero attached hydrogens (tertiary/aromatic N) is 6. The zero-order valence-electron chi connectivity index (χ0n) is 15.0. The standard InChI is InChI=1S/C16H25N7S2/c1-4-13-20-16(25-21-13)23-8-6-22(7-9-23)15(17-3)18-10-12-11-24-14(5-2)19-12/h11H,4-10H2,1-3H3,(H,17,18). The predicted octanol–water partition coefficient (Wildman–Crippen LogP) is 2.02. The Morgan fingerprint density at radius 2 is 2.00 bits per heavy atom. The summed E-state index contributed by atoms with van der Waals surface area (Å²) in [5.41, 5.74) is 1.09. The Hall–Kier alpha value is -1.74. The average molecular weight is 380 g/mol. The molecule has 0 bridgehead atoms. The molecule has 7 nitrogen and oxygen atoms in total. The molecule has 1 fully saturated rings. The van der Waals surface area contributed by atoms with Gasteiger partial charge in [-0.25, -0.2) is 9.97 Å². The van der Waals surface area contributed by atoms with Crippen molar-refractivity contribution in [3.05, 3.63) is 21.9 Å². The Labute approximate surface area is 157 Å². The summed E-state index contributed by atoms with van der Waals surface area (Å²) in [5, 5.41) is 7.78. The number of aromatic nitrogens is 3. The van der Waals surface area contributed by atoms with E-state index >= 15 is 0 Å².